The molecule has 18 heavy (non-hydrogen) atoms. The molecular formula is C12H18BrN3O2. The fraction of sp³-hybridized carbons (Fsp3) is 0.667. The van der Waals surface area contributed by atoms with E-state index < -0.39 is 0 Å². The Morgan fingerprint density at radius 2 is 2.44 bits per heavy atom. The van der Waals surface area contributed by atoms with Crippen LogP contribution in [0.1, 0.15) is 13.8 Å². The van der Waals surface area contributed by atoms with E-state index in [1.807, 2.05) is 13.8 Å². The number of ether oxygens (including phenoxy) is 2. The van der Waals surface area contributed by atoms with E-state index in [1.165, 1.54) is 0 Å². The highest BCUT2D eigenvalue weighted by Crippen LogP contribution is 2.17. The van der Waals surface area contributed by atoms with E-state index in [0.29, 0.717) is 18.4 Å². The molecule has 1 unspecified atom stereocenters. The van der Waals surface area contributed by atoms with Crippen molar-refractivity contribution in [2.45, 2.75) is 26.1 Å². The molecule has 0 amide bonds. The average molecular weight is 316 g/mol. The van der Waals surface area contributed by atoms with Crippen molar-refractivity contribution in [3.8, 4) is 5.88 Å². The Morgan fingerprint density at radius 3 is 3.17 bits per heavy atom. The molecule has 2 heterocycles. The Labute approximate surface area is 116 Å². The number of morpholine rings is 1. The lowest BCUT2D eigenvalue weighted by atomic mass is 10.3. The third-order valence-corrected chi connectivity index (χ3v) is 3.29. The van der Waals surface area contributed by atoms with Crippen LogP contribution in [0.2, 0.25) is 0 Å². The second-order valence-electron chi connectivity index (χ2n) is 4.45. The molecule has 0 bridgehead atoms. The van der Waals surface area contributed by atoms with Crippen LogP contribution in [-0.2, 0) is 4.74 Å². The van der Waals surface area contributed by atoms with E-state index in [1.54, 1.807) is 12.3 Å². The quantitative estimate of drug-likeness (QED) is 0.794. The number of hydrogen-bond acceptors (Lipinski definition) is 5. The van der Waals surface area contributed by atoms with E-state index in [4.69, 9.17) is 9.47 Å². The molecule has 0 aliphatic carbocycles. The minimum absolute atomic E-state index is 0.118. The number of hydrogen-bond donors (Lipinski definition) is 0. The summed E-state index contributed by atoms with van der Waals surface area (Å²) in [5.41, 5.74) is 0. The zero-order valence-electron chi connectivity index (χ0n) is 10.7. The molecule has 0 N–H and O–H groups in total. The molecule has 1 fully saturated rings. The van der Waals surface area contributed by atoms with Crippen LogP contribution < -0.4 is 9.64 Å². The fourth-order valence-electron chi connectivity index (χ4n) is 1.79. The second kappa shape index (κ2) is 6.33. The van der Waals surface area contributed by atoms with Crippen molar-refractivity contribution in [3.05, 3.63) is 12.3 Å². The lowest BCUT2D eigenvalue weighted by molar-refractivity contribution is 0.0564. The Balaban J connectivity index is 2.07. The lowest BCUT2D eigenvalue weighted by Crippen LogP contribution is -2.44. The molecular weight excluding hydrogens is 298 g/mol. The van der Waals surface area contributed by atoms with E-state index in [9.17, 15) is 0 Å². The molecule has 0 saturated carbocycles. The Kier molecular flexibility index (Phi) is 4.77. The summed E-state index contributed by atoms with van der Waals surface area (Å²) in [6.45, 7) is 6.29. The Bertz CT molecular complexity index is 389. The van der Waals surface area contributed by atoms with Crippen molar-refractivity contribution >= 4 is 21.9 Å². The van der Waals surface area contributed by atoms with Gasteiger partial charge in [-0.15, -0.1) is 0 Å². The summed E-state index contributed by atoms with van der Waals surface area (Å²) in [6.07, 6.45) is 2.04. The van der Waals surface area contributed by atoms with Gasteiger partial charge in [0.25, 0.3) is 0 Å². The molecule has 1 aliphatic heterocycles. The van der Waals surface area contributed by atoms with Crippen molar-refractivity contribution in [1.29, 1.82) is 0 Å². The molecule has 100 valence electrons. The van der Waals surface area contributed by atoms with Crippen LogP contribution in [0.25, 0.3) is 0 Å². The predicted molar refractivity (Wildman–Crippen MR) is 73.5 cm³/mol. The van der Waals surface area contributed by atoms with Gasteiger partial charge >= 0.3 is 0 Å². The van der Waals surface area contributed by atoms with Crippen LogP contribution in [0.3, 0.4) is 0 Å². The zero-order chi connectivity index (χ0) is 13.0. The van der Waals surface area contributed by atoms with Crippen LogP contribution in [0.15, 0.2) is 12.3 Å². The van der Waals surface area contributed by atoms with Crippen LogP contribution in [-0.4, -0.2) is 47.2 Å². The van der Waals surface area contributed by atoms with Gasteiger partial charge in [-0.05, 0) is 13.8 Å². The highest BCUT2D eigenvalue weighted by molar-refractivity contribution is 9.09. The molecule has 1 saturated heterocycles. The van der Waals surface area contributed by atoms with Gasteiger partial charge in [0.05, 0.1) is 18.8 Å². The summed E-state index contributed by atoms with van der Waals surface area (Å²) in [5, 5.41) is 0.825. The monoisotopic (exact) mass is 315 g/mol. The van der Waals surface area contributed by atoms with Gasteiger partial charge in [0.1, 0.15) is 0 Å². The third-order valence-electron chi connectivity index (χ3n) is 2.57. The first-order valence-corrected chi connectivity index (χ1v) is 7.23. The molecule has 1 atom stereocenters. The van der Waals surface area contributed by atoms with Crippen molar-refractivity contribution in [3.63, 3.8) is 0 Å². The second-order valence-corrected chi connectivity index (χ2v) is 5.10. The van der Waals surface area contributed by atoms with Crippen molar-refractivity contribution in [2.24, 2.45) is 0 Å². The number of alkyl halides is 1. The summed E-state index contributed by atoms with van der Waals surface area (Å²) in [5.74, 6) is 1.33. The highest BCUT2D eigenvalue weighted by Gasteiger charge is 2.21. The summed E-state index contributed by atoms with van der Waals surface area (Å²) < 4.78 is 11.2. The maximum Gasteiger partial charge on any atom is 0.228 e. The van der Waals surface area contributed by atoms with Crippen LogP contribution in [0.5, 0.6) is 5.88 Å². The molecule has 1 aliphatic rings. The topological polar surface area (TPSA) is 47.5 Å². The number of halogens is 1. The van der Waals surface area contributed by atoms with Gasteiger partial charge in [-0.2, -0.15) is 4.98 Å². The first kappa shape index (κ1) is 13.5. The molecule has 0 aromatic carbocycles. The van der Waals surface area contributed by atoms with Gasteiger partial charge in [-0.25, -0.2) is 4.98 Å². The normalized spacial score (nSPS) is 20.2. The maximum atomic E-state index is 5.60. The van der Waals surface area contributed by atoms with E-state index in [0.717, 1.165) is 18.4 Å². The smallest absolute Gasteiger partial charge is 0.228 e. The van der Waals surface area contributed by atoms with Crippen LogP contribution in [0, 0.1) is 0 Å². The van der Waals surface area contributed by atoms with Crippen molar-refractivity contribution < 1.29 is 9.47 Å². The fourth-order valence-corrected chi connectivity index (χ4v) is 2.18. The van der Waals surface area contributed by atoms with E-state index in [-0.39, 0.29) is 12.2 Å². The summed E-state index contributed by atoms with van der Waals surface area (Å²) in [7, 11) is 0. The highest BCUT2D eigenvalue weighted by atomic mass is 79.9. The van der Waals surface area contributed by atoms with Crippen LogP contribution >= 0.6 is 15.9 Å². The van der Waals surface area contributed by atoms with Gasteiger partial charge in [-0.3, -0.25) is 0 Å². The van der Waals surface area contributed by atoms with Gasteiger partial charge in [0, 0.05) is 30.7 Å². The Morgan fingerprint density at radius 1 is 1.61 bits per heavy atom. The zero-order valence-corrected chi connectivity index (χ0v) is 12.3. The summed E-state index contributed by atoms with van der Waals surface area (Å²) in [6, 6.07) is 1.78. The minimum Gasteiger partial charge on any atom is -0.475 e. The van der Waals surface area contributed by atoms with Gasteiger partial charge in [0.15, 0.2) is 0 Å². The first-order valence-electron chi connectivity index (χ1n) is 6.11. The van der Waals surface area contributed by atoms with Crippen molar-refractivity contribution in [2.75, 3.05) is 29.9 Å². The molecule has 0 spiro atoms. The van der Waals surface area contributed by atoms with Gasteiger partial charge in [-0.1, -0.05) is 15.9 Å². The summed E-state index contributed by atoms with van der Waals surface area (Å²) >= 11 is 3.44. The molecule has 2 rings (SSSR count). The minimum atomic E-state index is 0.118. The van der Waals surface area contributed by atoms with E-state index >= 15 is 0 Å². The van der Waals surface area contributed by atoms with E-state index in [2.05, 4.69) is 30.8 Å². The number of nitrogens with zero attached hydrogens (tertiary/aromatic N) is 3. The largest absolute Gasteiger partial charge is 0.475 e. The molecule has 5 nitrogen and oxygen atoms in total. The SMILES string of the molecule is CC(C)Oc1ccnc(N2CCOC(CBr)C2)n1. The number of anilines is 1. The molecule has 6 heteroatoms. The molecule has 1 aromatic heterocycles. The lowest BCUT2D eigenvalue weighted by Gasteiger charge is -2.32. The number of aromatic nitrogens is 2. The van der Waals surface area contributed by atoms with Crippen LogP contribution in [0.4, 0.5) is 5.95 Å². The van der Waals surface area contributed by atoms with Gasteiger partial charge < -0.3 is 14.4 Å². The molecule has 1 aromatic rings. The average Bonchev–Trinajstić information content (AvgIpc) is 2.38. The molecule has 0 radical (unpaired) electrons. The maximum absolute atomic E-state index is 5.60. The Hall–Kier alpha value is -0.880. The summed E-state index contributed by atoms with van der Waals surface area (Å²) in [4.78, 5) is 10.9. The number of rotatable bonds is 4. The van der Waals surface area contributed by atoms with Gasteiger partial charge in [0.2, 0.25) is 11.8 Å². The third kappa shape index (κ3) is 3.55. The first-order chi connectivity index (χ1) is 8.69. The standard InChI is InChI=1S/C12H18BrN3O2/c1-9(2)18-11-3-4-14-12(15-11)16-5-6-17-10(7-13)8-16/h3-4,9-10H,5-8H2,1-2H3. The predicted octanol–water partition coefficient (Wildman–Crippen LogP) is 1.86. The van der Waals surface area contributed by atoms with Crippen molar-refractivity contribution in [1.82, 2.24) is 9.97 Å².